The van der Waals surface area contributed by atoms with Crippen LogP contribution in [0.2, 0.25) is 0 Å². The molecule has 0 amide bonds. The lowest BCUT2D eigenvalue weighted by atomic mass is 10.1. The first kappa shape index (κ1) is 12.5. The summed E-state index contributed by atoms with van der Waals surface area (Å²) in [5, 5.41) is 0. The minimum absolute atomic E-state index is 0.166. The molecule has 5 heteroatoms. The number of Topliss-reactive ketones (excluding diaryl/α,β-unsaturated/α-hetero) is 2. The fraction of sp³-hybridized carbons (Fsp3) is 0.200. The van der Waals surface area contributed by atoms with E-state index in [1.54, 1.807) is 6.07 Å². The summed E-state index contributed by atoms with van der Waals surface area (Å²) in [6, 6.07) is 4.67. The predicted octanol–water partition coefficient (Wildman–Crippen LogP) is 3.32. The number of halogens is 3. The third-order valence-electron chi connectivity index (χ3n) is 1.73. The van der Waals surface area contributed by atoms with E-state index in [0.717, 1.165) is 6.92 Å². The maximum atomic E-state index is 13.1. The van der Waals surface area contributed by atoms with Gasteiger partial charge < -0.3 is 0 Å². The monoisotopic (exact) mass is 336 g/mol. The highest BCUT2D eigenvalue weighted by molar-refractivity contribution is 9.11. The Bertz CT molecular complexity index is 398. The van der Waals surface area contributed by atoms with E-state index in [1.165, 1.54) is 12.1 Å². The molecule has 0 aliphatic carbocycles. The Hall–Kier alpha value is -0.550. The van der Waals surface area contributed by atoms with Crippen LogP contribution in [-0.4, -0.2) is 17.7 Å². The number of carbonyl (C=O) groups is 2. The van der Waals surface area contributed by atoms with Crippen LogP contribution in [0, 0.1) is 0 Å². The van der Waals surface area contributed by atoms with Gasteiger partial charge in [-0.25, -0.2) is 4.39 Å². The van der Waals surface area contributed by atoms with Crippen molar-refractivity contribution in [1.82, 2.24) is 0 Å². The predicted molar refractivity (Wildman–Crippen MR) is 61.7 cm³/mol. The molecule has 15 heavy (non-hydrogen) atoms. The summed E-state index contributed by atoms with van der Waals surface area (Å²) in [6.45, 7) is 1.05. The van der Waals surface area contributed by atoms with Gasteiger partial charge in [0.2, 0.25) is 12.0 Å². The van der Waals surface area contributed by atoms with Gasteiger partial charge in [0.25, 0.3) is 0 Å². The van der Waals surface area contributed by atoms with E-state index >= 15 is 0 Å². The third kappa shape index (κ3) is 3.21. The zero-order chi connectivity index (χ0) is 11.6. The fourth-order valence-corrected chi connectivity index (χ4v) is 2.32. The number of alkyl halides is 1. The lowest BCUT2D eigenvalue weighted by molar-refractivity contribution is -0.120. The summed E-state index contributed by atoms with van der Waals surface area (Å²) >= 11 is 6.36. The van der Waals surface area contributed by atoms with E-state index in [-0.39, 0.29) is 5.56 Å². The molecule has 0 heterocycles. The fourth-order valence-electron chi connectivity index (χ4n) is 1.03. The maximum absolute atomic E-state index is 13.1. The normalized spacial score (nSPS) is 12.3. The van der Waals surface area contributed by atoms with Crippen molar-refractivity contribution >= 4 is 43.4 Å². The van der Waals surface area contributed by atoms with E-state index < -0.39 is 17.7 Å². The van der Waals surface area contributed by atoms with Crippen molar-refractivity contribution in [3.8, 4) is 0 Å². The summed E-state index contributed by atoms with van der Waals surface area (Å²) in [6.07, 6.45) is -2.08. The highest BCUT2D eigenvalue weighted by Gasteiger charge is 2.23. The standard InChI is InChI=1S/C10H7Br2FO2/c1-5(14)9(13)10(15)6-2-7(11)4-8(12)3-6/h2-4,9H,1H3. The van der Waals surface area contributed by atoms with Crippen molar-refractivity contribution in [3.05, 3.63) is 32.7 Å². The lowest BCUT2D eigenvalue weighted by Crippen LogP contribution is -2.23. The van der Waals surface area contributed by atoms with E-state index in [0.29, 0.717) is 8.95 Å². The van der Waals surface area contributed by atoms with Crippen LogP contribution in [-0.2, 0) is 4.79 Å². The molecular weight excluding hydrogens is 331 g/mol. The van der Waals surface area contributed by atoms with Gasteiger partial charge in [-0.2, -0.15) is 0 Å². The Morgan fingerprint density at radius 3 is 2.07 bits per heavy atom. The number of hydrogen-bond acceptors (Lipinski definition) is 2. The van der Waals surface area contributed by atoms with Gasteiger partial charge >= 0.3 is 0 Å². The SMILES string of the molecule is CC(=O)C(F)C(=O)c1cc(Br)cc(Br)c1. The minimum atomic E-state index is -2.08. The van der Waals surface area contributed by atoms with Crippen LogP contribution >= 0.6 is 31.9 Å². The molecule has 0 saturated carbocycles. The first-order valence-corrected chi connectivity index (χ1v) is 5.65. The Morgan fingerprint density at radius 1 is 1.20 bits per heavy atom. The number of carbonyl (C=O) groups excluding carboxylic acids is 2. The number of benzene rings is 1. The smallest absolute Gasteiger partial charge is 0.220 e. The van der Waals surface area contributed by atoms with E-state index in [1.807, 2.05) is 0 Å². The molecule has 0 fully saturated rings. The van der Waals surface area contributed by atoms with Crippen molar-refractivity contribution < 1.29 is 14.0 Å². The van der Waals surface area contributed by atoms with Crippen molar-refractivity contribution in [1.29, 1.82) is 0 Å². The van der Waals surface area contributed by atoms with Crippen LogP contribution in [0.4, 0.5) is 4.39 Å². The van der Waals surface area contributed by atoms with Gasteiger partial charge in [0.1, 0.15) is 0 Å². The molecule has 80 valence electrons. The Kier molecular flexibility index (Phi) is 4.16. The number of rotatable bonds is 3. The van der Waals surface area contributed by atoms with E-state index in [2.05, 4.69) is 31.9 Å². The van der Waals surface area contributed by atoms with Crippen molar-refractivity contribution in [2.75, 3.05) is 0 Å². The van der Waals surface area contributed by atoms with Crippen LogP contribution in [0.1, 0.15) is 17.3 Å². The Morgan fingerprint density at radius 2 is 1.67 bits per heavy atom. The highest BCUT2D eigenvalue weighted by atomic mass is 79.9. The molecule has 0 aliphatic rings. The van der Waals surface area contributed by atoms with Gasteiger partial charge in [0, 0.05) is 14.5 Å². The molecule has 0 aliphatic heterocycles. The average Bonchev–Trinajstić information content (AvgIpc) is 2.13. The van der Waals surface area contributed by atoms with Crippen LogP contribution in [0.15, 0.2) is 27.1 Å². The number of ketones is 2. The molecule has 0 bridgehead atoms. The molecule has 1 rings (SSSR count). The van der Waals surface area contributed by atoms with Crippen molar-refractivity contribution in [2.24, 2.45) is 0 Å². The first-order valence-electron chi connectivity index (χ1n) is 4.06. The molecule has 1 aromatic rings. The third-order valence-corrected chi connectivity index (χ3v) is 2.65. The molecule has 1 aromatic carbocycles. The zero-order valence-electron chi connectivity index (χ0n) is 7.76. The lowest BCUT2D eigenvalue weighted by Gasteiger charge is -2.04. The van der Waals surface area contributed by atoms with Gasteiger partial charge in [0.15, 0.2) is 5.78 Å². The molecular formula is C10H7Br2FO2. The second kappa shape index (κ2) is 4.99. The van der Waals surface area contributed by atoms with Crippen molar-refractivity contribution in [3.63, 3.8) is 0 Å². The quantitative estimate of drug-likeness (QED) is 0.626. The largest absolute Gasteiger partial charge is 0.296 e. The molecule has 2 nitrogen and oxygen atoms in total. The zero-order valence-corrected chi connectivity index (χ0v) is 10.9. The second-order valence-electron chi connectivity index (χ2n) is 3.00. The first-order chi connectivity index (χ1) is 6.91. The molecule has 0 N–H and O–H groups in total. The molecule has 1 atom stereocenters. The minimum Gasteiger partial charge on any atom is -0.296 e. The van der Waals surface area contributed by atoms with Gasteiger partial charge in [-0.3, -0.25) is 9.59 Å². The Balaban J connectivity index is 3.06. The van der Waals surface area contributed by atoms with E-state index in [9.17, 15) is 14.0 Å². The van der Waals surface area contributed by atoms with Gasteiger partial charge in [-0.1, -0.05) is 31.9 Å². The van der Waals surface area contributed by atoms with Gasteiger partial charge in [-0.05, 0) is 25.1 Å². The number of hydrogen-bond donors (Lipinski definition) is 0. The average molecular weight is 338 g/mol. The van der Waals surface area contributed by atoms with E-state index in [4.69, 9.17) is 0 Å². The summed E-state index contributed by atoms with van der Waals surface area (Å²) in [5.41, 5.74) is 0.166. The van der Waals surface area contributed by atoms with Crippen molar-refractivity contribution in [2.45, 2.75) is 13.1 Å². The topological polar surface area (TPSA) is 34.1 Å². The Labute approximate surface area is 103 Å². The summed E-state index contributed by atoms with van der Waals surface area (Å²) in [4.78, 5) is 22.2. The summed E-state index contributed by atoms with van der Waals surface area (Å²) in [7, 11) is 0. The van der Waals surface area contributed by atoms with Crippen LogP contribution in [0.3, 0.4) is 0 Å². The molecule has 0 saturated heterocycles. The summed E-state index contributed by atoms with van der Waals surface area (Å²) < 4.78 is 14.4. The van der Waals surface area contributed by atoms with Crippen LogP contribution in [0.5, 0.6) is 0 Å². The molecule has 0 radical (unpaired) electrons. The van der Waals surface area contributed by atoms with Gasteiger partial charge in [-0.15, -0.1) is 0 Å². The molecule has 1 unspecified atom stereocenters. The van der Waals surface area contributed by atoms with Crippen LogP contribution in [0.25, 0.3) is 0 Å². The summed E-state index contributed by atoms with van der Waals surface area (Å²) in [5.74, 6) is -1.60. The second-order valence-corrected chi connectivity index (χ2v) is 4.83. The van der Waals surface area contributed by atoms with Gasteiger partial charge in [0.05, 0.1) is 0 Å². The van der Waals surface area contributed by atoms with Crippen LogP contribution < -0.4 is 0 Å². The highest BCUT2D eigenvalue weighted by Crippen LogP contribution is 2.21. The maximum Gasteiger partial charge on any atom is 0.220 e. The molecule has 0 spiro atoms. The molecule has 0 aromatic heterocycles.